The number of alkyl halides is 3. The molecule has 0 spiro atoms. The van der Waals surface area contributed by atoms with Gasteiger partial charge in [0.1, 0.15) is 0 Å². The van der Waals surface area contributed by atoms with Gasteiger partial charge in [-0.25, -0.2) is 0 Å². The molecule has 0 aliphatic carbocycles. The molecule has 0 bridgehead atoms. The minimum atomic E-state index is -4.49. The van der Waals surface area contributed by atoms with Crippen molar-refractivity contribution in [2.45, 2.75) is 32.4 Å². The SMILES string of the molecule is CCCNC(=O)CN(C)CC(=O)Nc1cc(C(F)(F)F)ccc1N1CCCC1. The summed E-state index contributed by atoms with van der Waals surface area (Å²) in [5, 5.41) is 5.31. The third-order valence-corrected chi connectivity index (χ3v) is 4.44. The van der Waals surface area contributed by atoms with Gasteiger partial charge in [-0.2, -0.15) is 13.2 Å². The summed E-state index contributed by atoms with van der Waals surface area (Å²) in [4.78, 5) is 27.6. The number of anilines is 2. The van der Waals surface area contributed by atoms with Crippen molar-refractivity contribution >= 4 is 23.2 Å². The molecular weight excluding hydrogens is 373 g/mol. The maximum atomic E-state index is 13.1. The summed E-state index contributed by atoms with van der Waals surface area (Å²) in [5.74, 6) is -0.667. The molecule has 1 fully saturated rings. The van der Waals surface area contributed by atoms with Crippen LogP contribution in [0.1, 0.15) is 31.7 Å². The average Bonchev–Trinajstić information content (AvgIpc) is 3.13. The lowest BCUT2D eigenvalue weighted by Crippen LogP contribution is -2.39. The highest BCUT2D eigenvalue weighted by Gasteiger charge is 2.32. The summed E-state index contributed by atoms with van der Waals surface area (Å²) in [5.41, 5.74) is -0.0780. The highest BCUT2D eigenvalue weighted by molar-refractivity contribution is 5.96. The molecule has 0 aromatic heterocycles. The van der Waals surface area contributed by atoms with Crippen LogP contribution in [-0.2, 0) is 15.8 Å². The minimum Gasteiger partial charge on any atom is -0.370 e. The highest BCUT2D eigenvalue weighted by Crippen LogP contribution is 2.36. The summed E-state index contributed by atoms with van der Waals surface area (Å²) in [6, 6.07) is 3.42. The predicted octanol–water partition coefficient (Wildman–Crippen LogP) is 2.70. The van der Waals surface area contributed by atoms with Crippen LogP contribution in [0.2, 0.25) is 0 Å². The van der Waals surface area contributed by atoms with E-state index >= 15 is 0 Å². The second-order valence-corrected chi connectivity index (χ2v) is 6.99. The van der Waals surface area contributed by atoms with Crippen molar-refractivity contribution in [2.24, 2.45) is 0 Å². The average molecular weight is 400 g/mol. The zero-order chi connectivity index (χ0) is 20.7. The quantitative estimate of drug-likeness (QED) is 0.704. The molecule has 1 aromatic carbocycles. The summed E-state index contributed by atoms with van der Waals surface area (Å²) >= 11 is 0. The topological polar surface area (TPSA) is 64.7 Å². The molecule has 1 aromatic rings. The van der Waals surface area contributed by atoms with Crippen LogP contribution in [0.3, 0.4) is 0 Å². The molecule has 156 valence electrons. The van der Waals surface area contributed by atoms with Crippen molar-refractivity contribution in [3.05, 3.63) is 23.8 Å². The molecule has 0 radical (unpaired) electrons. The van der Waals surface area contributed by atoms with E-state index in [-0.39, 0.29) is 24.7 Å². The molecule has 0 unspecified atom stereocenters. The van der Waals surface area contributed by atoms with Crippen LogP contribution >= 0.6 is 0 Å². The summed E-state index contributed by atoms with van der Waals surface area (Å²) < 4.78 is 39.3. The molecule has 28 heavy (non-hydrogen) atoms. The summed E-state index contributed by atoms with van der Waals surface area (Å²) in [6.45, 7) is 3.91. The summed E-state index contributed by atoms with van der Waals surface area (Å²) in [6.07, 6.45) is -1.75. The monoisotopic (exact) mass is 400 g/mol. The number of nitrogens with one attached hydrogen (secondary N) is 2. The largest absolute Gasteiger partial charge is 0.416 e. The van der Waals surface area contributed by atoms with E-state index in [1.54, 1.807) is 7.05 Å². The molecule has 1 aliphatic heterocycles. The van der Waals surface area contributed by atoms with E-state index in [0.29, 0.717) is 12.2 Å². The lowest BCUT2D eigenvalue weighted by Gasteiger charge is -2.23. The van der Waals surface area contributed by atoms with Crippen LogP contribution in [0.15, 0.2) is 18.2 Å². The predicted molar refractivity (Wildman–Crippen MR) is 102 cm³/mol. The molecule has 0 atom stereocenters. The van der Waals surface area contributed by atoms with Gasteiger partial charge in [-0.05, 0) is 44.5 Å². The van der Waals surface area contributed by atoms with Crippen molar-refractivity contribution in [1.29, 1.82) is 0 Å². The van der Waals surface area contributed by atoms with Crippen molar-refractivity contribution in [2.75, 3.05) is 50.0 Å². The number of rotatable bonds is 8. The molecule has 2 amide bonds. The Balaban J connectivity index is 2.07. The molecule has 2 rings (SSSR count). The van der Waals surface area contributed by atoms with Gasteiger partial charge in [-0.15, -0.1) is 0 Å². The Kier molecular flexibility index (Phi) is 7.68. The van der Waals surface area contributed by atoms with Gasteiger partial charge in [0, 0.05) is 19.6 Å². The standard InChI is InChI=1S/C19H27F3N4O2/c1-3-8-23-17(27)12-25(2)13-18(28)24-15-11-14(19(20,21)22)6-7-16(15)26-9-4-5-10-26/h6-7,11H,3-5,8-10,12-13H2,1-2H3,(H,23,27)(H,24,28). The second kappa shape index (κ2) is 9.77. The van der Waals surface area contributed by atoms with Gasteiger partial charge < -0.3 is 15.5 Å². The van der Waals surface area contributed by atoms with E-state index in [4.69, 9.17) is 0 Å². The molecule has 1 heterocycles. The normalized spacial score (nSPS) is 14.4. The lowest BCUT2D eigenvalue weighted by atomic mass is 10.1. The zero-order valence-corrected chi connectivity index (χ0v) is 16.2. The van der Waals surface area contributed by atoms with Gasteiger partial charge in [-0.1, -0.05) is 6.92 Å². The highest BCUT2D eigenvalue weighted by atomic mass is 19.4. The molecule has 6 nitrogen and oxygen atoms in total. The van der Waals surface area contributed by atoms with Gasteiger partial charge in [0.2, 0.25) is 11.8 Å². The lowest BCUT2D eigenvalue weighted by molar-refractivity contribution is -0.137. The number of benzene rings is 1. The Morgan fingerprint density at radius 2 is 1.79 bits per heavy atom. The first-order valence-corrected chi connectivity index (χ1v) is 9.42. The van der Waals surface area contributed by atoms with Crippen LogP contribution in [0.25, 0.3) is 0 Å². The van der Waals surface area contributed by atoms with E-state index in [1.807, 2.05) is 11.8 Å². The van der Waals surface area contributed by atoms with Crippen molar-refractivity contribution in [3.8, 4) is 0 Å². The van der Waals surface area contributed by atoms with Crippen LogP contribution < -0.4 is 15.5 Å². The van der Waals surface area contributed by atoms with E-state index in [2.05, 4.69) is 10.6 Å². The Morgan fingerprint density at radius 3 is 2.39 bits per heavy atom. The fourth-order valence-electron chi connectivity index (χ4n) is 3.10. The third kappa shape index (κ3) is 6.40. The Bertz CT molecular complexity index is 688. The van der Waals surface area contributed by atoms with E-state index < -0.39 is 17.6 Å². The van der Waals surface area contributed by atoms with Crippen molar-refractivity contribution in [3.63, 3.8) is 0 Å². The number of carbonyl (C=O) groups is 2. The van der Waals surface area contributed by atoms with Gasteiger partial charge in [0.15, 0.2) is 0 Å². The van der Waals surface area contributed by atoms with Gasteiger partial charge in [-0.3, -0.25) is 14.5 Å². The number of nitrogens with zero attached hydrogens (tertiary/aromatic N) is 2. The third-order valence-electron chi connectivity index (χ3n) is 4.44. The Hall–Kier alpha value is -2.29. The minimum absolute atomic E-state index is 0.0367. The molecule has 1 saturated heterocycles. The summed E-state index contributed by atoms with van der Waals surface area (Å²) in [7, 11) is 1.61. The molecule has 9 heteroatoms. The second-order valence-electron chi connectivity index (χ2n) is 6.99. The fraction of sp³-hybridized carbons (Fsp3) is 0.579. The maximum Gasteiger partial charge on any atom is 0.416 e. The van der Waals surface area contributed by atoms with Gasteiger partial charge in [0.25, 0.3) is 0 Å². The number of carbonyl (C=O) groups excluding carboxylic acids is 2. The maximum absolute atomic E-state index is 13.1. The Morgan fingerprint density at radius 1 is 1.14 bits per heavy atom. The van der Waals surface area contributed by atoms with Gasteiger partial charge in [0.05, 0.1) is 30.0 Å². The molecular formula is C19H27F3N4O2. The van der Waals surface area contributed by atoms with Crippen molar-refractivity contribution < 1.29 is 22.8 Å². The molecule has 2 N–H and O–H groups in total. The smallest absolute Gasteiger partial charge is 0.370 e. The van der Waals surface area contributed by atoms with E-state index in [0.717, 1.165) is 44.5 Å². The molecule has 1 aliphatic rings. The van der Waals surface area contributed by atoms with E-state index in [9.17, 15) is 22.8 Å². The number of hydrogen-bond donors (Lipinski definition) is 2. The van der Waals surface area contributed by atoms with Gasteiger partial charge >= 0.3 is 6.18 Å². The van der Waals surface area contributed by atoms with Crippen LogP contribution in [0, 0.1) is 0 Å². The Labute approximate surface area is 163 Å². The number of hydrogen-bond acceptors (Lipinski definition) is 4. The number of halogens is 3. The van der Waals surface area contributed by atoms with Crippen LogP contribution in [0.4, 0.5) is 24.5 Å². The first-order valence-electron chi connectivity index (χ1n) is 9.42. The van der Waals surface area contributed by atoms with Crippen LogP contribution in [0.5, 0.6) is 0 Å². The first kappa shape index (κ1) is 22.0. The first-order chi connectivity index (χ1) is 13.2. The number of likely N-dealkylation sites (N-methyl/N-ethyl adjacent to an activating group) is 1. The zero-order valence-electron chi connectivity index (χ0n) is 16.2. The van der Waals surface area contributed by atoms with Crippen LogP contribution in [-0.4, -0.2) is 56.5 Å². The molecule has 0 saturated carbocycles. The fourth-order valence-corrected chi connectivity index (χ4v) is 3.10. The van der Waals surface area contributed by atoms with Crippen molar-refractivity contribution in [1.82, 2.24) is 10.2 Å². The number of amides is 2. The van der Waals surface area contributed by atoms with E-state index in [1.165, 1.54) is 11.0 Å².